The van der Waals surface area contributed by atoms with Crippen LogP contribution < -0.4 is 5.32 Å². The zero-order chi connectivity index (χ0) is 19.4. The van der Waals surface area contributed by atoms with Gasteiger partial charge in [0.1, 0.15) is 6.54 Å². The Kier molecular flexibility index (Phi) is 5.46. The van der Waals surface area contributed by atoms with Gasteiger partial charge in [-0.3, -0.25) is 14.3 Å². The van der Waals surface area contributed by atoms with E-state index in [1.807, 2.05) is 35.1 Å². The van der Waals surface area contributed by atoms with Crippen molar-refractivity contribution >= 4 is 11.8 Å². The maximum Gasteiger partial charge on any atom is 0.239 e. The highest BCUT2D eigenvalue weighted by Crippen LogP contribution is 2.57. The standard InChI is InChI=1S/C22H28N4O2/c27-19(23-13-7-15-25-16-8-14-24-25)17-26-20(18-9-3-1-4-10-18)22(21(26)28)11-5-2-6-12-22/h1,3-4,8-10,14,16,20H,2,5-7,11-13,15,17H2,(H,23,27). The summed E-state index contributed by atoms with van der Waals surface area (Å²) in [5.74, 6) is 0.0770. The molecule has 2 aliphatic rings. The van der Waals surface area contributed by atoms with Gasteiger partial charge in [-0.05, 0) is 30.9 Å². The Balaban J connectivity index is 1.37. The summed E-state index contributed by atoms with van der Waals surface area (Å²) in [7, 11) is 0. The zero-order valence-corrected chi connectivity index (χ0v) is 16.2. The van der Waals surface area contributed by atoms with Crippen LogP contribution in [-0.2, 0) is 16.1 Å². The van der Waals surface area contributed by atoms with E-state index in [9.17, 15) is 9.59 Å². The van der Waals surface area contributed by atoms with Gasteiger partial charge in [-0.25, -0.2) is 0 Å². The average molecular weight is 380 g/mol. The van der Waals surface area contributed by atoms with Gasteiger partial charge in [0.15, 0.2) is 0 Å². The van der Waals surface area contributed by atoms with Crippen LogP contribution in [0.25, 0.3) is 0 Å². The van der Waals surface area contributed by atoms with E-state index >= 15 is 0 Å². The van der Waals surface area contributed by atoms with Gasteiger partial charge >= 0.3 is 0 Å². The zero-order valence-electron chi connectivity index (χ0n) is 16.2. The Morgan fingerprint density at radius 1 is 1.14 bits per heavy atom. The van der Waals surface area contributed by atoms with Crippen molar-refractivity contribution in [2.75, 3.05) is 13.1 Å². The molecule has 1 aromatic carbocycles. The fourth-order valence-electron chi connectivity index (χ4n) is 4.83. The highest BCUT2D eigenvalue weighted by molar-refractivity contribution is 5.94. The van der Waals surface area contributed by atoms with Crippen molar-refractivity contribution in [2.45, 2.75) is 51.1 Å². The summed E-state index contributed by atoms with van der Waals surface area (Å²) in [6.07, 6.45) is 9.75. The van der Waals surface area contributed by atoms with Crippen LogP contribution >= 0.6 is 0 Å². The van der Waals surface area contributed by atoms with Crippen molar-refractivity contribution in [1.82, 2.24) is 20.0 Å². The molecular formula is C22H28N4O2. The molecule has 2 heterocycles. The molecule has 1 N–H and O–H groups in total. The number of rotatable bonds is 7. The lowest BCUT2D eigenvalue weighted by Crippen LogP contribution is -2.65. The van der Waals surface area contributed by atoms with Gasteiger partial charge in [0.25, 0.3) is 0 Å². The number of likely N-dealkylation sites (tertiary alicyclic amines) is 1. The minimum Gasteiger partial charge on any atom is -0.354 e. The van der Waals surface area contributed by atoms with Crippen LogP contribution in [0.4, 0.5) is 0 Å². The van der Waals surface area contributed by atoms with Crippen LogP contribution in [0, 0.1) is 5.41 Å². The molecule has 2 fully saturated rings. The molecule has 1 unspecified atom stereocenters. The number of nitrogens with one attached hydrogen (secondary N) is 1. The summed E-state index contributed by atoms with van der Waals surface area (Å²) < 4.78 is 1.85. The Labute approximate surface area is 165 Å². The van der Waals surface area contributed by atoms with Crippen LogP contribution in [0.2, 0.25) is 0 Å². The van der Waals surface area contributed by atoms with Crippen molar-refractivity contribution < 1.29 is 9.59 Å². The maximum atomic E-state index is 13.1. The Hall–Kier alpha value is -2.63. The summed E-state index contributed by atoms with van der Waals surface area (Å²) in [6, 6.07) is 12.1. The van der Waals surface area contributed by atoms with Gasteiger partial charge < -0.3 is 10.2 Å². The van der Waals surface area contributed by atoms with Crippen LogP contribution in [0.5, 0.6) is 0 Å². The summed E-state index contributed by atoms with van der Waals surface area (Å²) in [4.78, 5) is 27.3. The van der Waals surface area contributed by atoms with E-state index in [2.05, 4.69) is 22.5 Å². The van der Waals surface area contributed by atoms with Gasteiger partial charge in [0.05, 0.1) is 11.5 Å². The molecule has 28 heavy (non-hydrogen) atoms. The summed E-state index contributed by atoms with van der Waals surface area (Å²) >= 11 is 0. The van der Waals surface area contributed by atoms with Gasteiger partial charge in [-0.2, -0.15) is 5.10 Å². The van der Waals surface area contributed by atoms with Crippen molar-refractivity contribution in [3.8, 4) is 0 Å². The van der Waals surface area contributed by atoms with Crippen LogP contribution in [0.3, 0.4) is 0 Å². The molecule has 4 rings (SSSR count). The van der Waals surface area contributed by atoms with Crippen molar-refractivity contribution in [2.24, 2.45) is 5.41 Å². The Bertz CT molecular complexity index is 797. The van der Waals surface area contributed by atoms with E-state index in [-0.39, 0.29) is 29.8 Å². The highest BCUT2D eigenvalue weighted by atomic mass is 16.2. The molecule has 148 valence electrons. The van der Waals surface area contributed by atoms with Crippen LogP contribution in [0.15, 0.2) is 48.8 Å². The third-order valence-corrected chi connectivity index (χ3v) is 6.14. The van der Waals surface area contributed by atoms with Gasteiger partial charge in [-0.15, -0.1) is 0 Å². The minimum atomic E-state index is -0.292. The first-order chi connectivity index (χ1) is 13.7. The molecule has 1 aromatic heterocycles. The first-order valence-corrected chi connectivity index (χ1v) is 10.3. The third kappa shape index (κ3) is 3.55. The highest BCUT2D eigenvalue weighted by Gasteiger charge is 2.60. The predicted octanol–water partition coefficient (Wildman–Crippen LogP) is 2.92. The third-order valence-electron chi connectivity index (χ3n) is 6.14. The molecule has 0 radical (unpaired) electrons. The van der Waals surface area contributed by atoms with Gasteiger partial charge in [0, 0.05) is 25.5 Å². The number of aryl methyl sites for hydroxylation is 1. The molecule has 6 heteroatoms. The molecule has 6 nitrogen and oxygen atoms in total. The lowest BCUT2D eigenvalue weighted by molar-refractivity contribution is -0.180. The molecule has 1 aliphatic carbocycles. The number of aromatic nitrogens is 2. The van der Waals surface area contributed by atoms with Gasteiger partial charge in [0.2, 0.25) is 11.8 Å². The second kappa shape index (κ2) is 8.17. The number of benzene rings is 1. The second-order valence-electron chi connectivity index (χ2n) is 7.94. The van der Waals surface area contributed by atoms with E-state index < -0.39 is 0 Å². The molecule has 1 saturated heterocycles. The molecule has 1 saturated carbocycles. The summed E-state index contributed by atoms with van der Waals surface area (Å²) in [5.41, 5.74) is 0.857. The largest absolute Gasteiger partial charge is 0.354 e. The molecule has 0 bridgehead atoms. The summed E-state index contributed by atoms with van der Waals surface area (Å²) in [6.45, 7) is 1.50. The number of carbonyl (C=O) groups excluding carboxylic acids is 2. The Morgan fingerprint density at radius 3 is 2.64 bits per heavy atom. The van der Waals surface area contributed by atoms with E-state index in [1.165, 1.54) is 6.42 Å². The fraction of sp³-hybridized carbons (Fsp3) is 0.500. The fourth-order valence-corrected chi connectivity index (χ4v) is 4.83. The molecule has 1 aliphatic heterocycles. The molecule has 1 spiro atoms. The lowest BCUT2D eigenvalue weighted by atomic mass is 9.60. The molecule has 2 amide bonds. The van der Waals surface area contributed by atoms with E-state index in [0.29, 0.717) is 6.54 Å². The number of hydrogen-bond acceptors (Lipinski definition) is 3. The van der Waals surface area contributed by atoms with Crippen molar-refractivity contribution in [1.29, 1.82) is 0 Å². The van der Waals surface area contributed by atoms with E-state index in [1.54, 1.807) is 11.1 Å². The van der Waals surface area contributed by atoms with Crippen molar-refractivity contribution in [3.63, 3.8) is 0 Å². The number of nitrogens with zero attached hydrogens (tertiary/aromatic N) is 3. The predicted molar refractivity (Wildman–Crippen MR) is 106 cm³/mol. The van der Waals surface area contributed by atoms with Crippen molar-refractivity contribution in [3.05, 3.63) is 54.4 Å². The maximum absolute atomic E-state index is 13.1. The second-order valence-corrected chi connectivity index (χ2v) is 7.94. The Morgan fingerprint density at radius 2 is 1.93 bits per heavy atom. The monoisotopic (exact) mass is 380 g/mol. The number of β-lactam (4-membered cyclic amide) rings is 1. The normalized spacial score (nSPS) is 20.8. The first kappa shape index (κ1) is 18.7. The smallest absolute Gasteiger partial charge is 0.239 e. The van der Waals surface area contributed by atoms with E-state index in [4.69, 9.17) is 0 Å². The quantitative estimate of drug-likeness (QED) is 0.593. The SMILES string of the molecule is O=C(CN1C(=O)C2(CCCCC2)C1c1ccccc1)NCCCn1cccn1. The first-order valence-electron chi connectivity index (χ1n) is 10.3. The molecule has 1 atom stereocenters. The van der Waals surface area contributed by atoms with Crippen LogP contribution in [-0.4, -0.2) is 39.6 Å². The number of carbonyl (C=O) groups is 2. The summed E-state index contributed by atoms with van der Waals surface area (Å²) in [5, 5.41) is 7.11. The average Bonchev–Trinajstić information content (AvgIpc) is 3.25. The topological polar surface area (TPSA) is 67.2 Å². The van der Waals surface area contributed by atoms with Crippen LogP contribution in [0.1, 0.15) is 50.1 Å². The minimum absolute atomic E-state index is 0.0244. The van der Waals surface area contributed by atoms with Gasteiger partial charge in [-0.1, -0.05) is 49.6 Å². The lowest BCUT2D eigenvalue weighted by Gasteiger charge is -2.58. The van der Waals surface area contributed by atoms with E-state index in [0.717, 1.165) is 44.2 Å². The number of amides is 2. The molecule has 2 aromatic rings. The molecular weight excluding hydrogens is 352 g/mol. The number of hydrogen-bond donors (Lipinski definition) is 1.